The first kappa shape index (κ1) is 19.1. The number of carbonyl (C=O) groups is 1. The van der Waals surface area contributed by atoms with Gasteiger partial charge in [-0.3, -0.25) is 4.90 Å². The average molecular weight is 364 g/mol. The molecule has 0 aromatic carbocycles. The number of piperidine rings is 2. The van der Waals surface area contributed by atoms with E-state index in [0.717, 1.165) is 63.5 Å². The third kappa shape index (κ3) is 4.75. The van der Waals surface area contributed by atoms with E-state index < -0.39 is 0 Å². The molecule has 0 N–H and O–H groups in total. The molecule has 26 heavy (non-hydrogen) atoms. The summed E-state index contributed by atoms with van der Waals surface area (Å²) in [5.41, 5.74) is 0. The van der Waals surface area contributed by atoms with Crippen LogP contribution in [0.15, 0.2) is 0 Å². The predicted octanol–water partition coefficient (Wildman–Crippen LogP) is 2.92. The topological polar surface area (TPSA) is 63.5 Å². The molecular formula is C19H33N5O2. The first-order valence-corrected chi connectivity index (χ1v) is 10.2. The van der Waals surface area contributed by atoms with E-state index in [4.69, 9.17) is 4.74 Å². The van der Waals surface area contributed by atoms with Crippen LogP contribution >= 0.6 is 0 Å². The highest BCUT2D eigenvalue weighted by molar-refractivity contribution is 5.67. The zero-order valence-corrected chi connectivity index (χ0v) is 16.3. The molecule has 0 spiro atoms. The zero-order valence-electron chi connectivity index (χ0n) is 16.3. The second-order valence-corrected chi connectivity index (χ2v) is 7.62. The number of hydrogen-bond donors (Lipinski definition) is 0. The van der Waals surface area contributed by atoms with Gasteiger partial charge in [0.2, 0.25) is 0 Å². The number of amides is 1. The number of hydrogen-bond acceptors (Lipinski definition) is 5. The van der Waals surface area contributed by atoms with Gasteiger partial charge in [-0.1, -0.05) is 19.8 Å². The van der Waals surface area contributed by atoms with Crippen molar-refractivity contribution in [2.45, 2.75) is 64.3 Å². The molecule has 2 fully saturated rings. The molecule has 7 nitrogen and oxygen atoms in total. The summed E-state index contributed by atoms with van der Waals surface area (Å²) in [4.78, 5) is 16.6. The summed E-state index contributed by atoms with van der Waals surface area (Å²) < 4.78 is 7.52. The maximum absolute atomic E-state index is 12.3. The number of likely N-dealkylation sites (tertiary alicyclic amines) is 2. The zero-order chi connectivity index (χ0) is 18.4. The van der Waals surface area contributed by atoms with Crippen LogP contribution in [0, 0.1) is 0 Å². The van der Waals surface area contributed by atoms with Crippen LogP contribution in [0.4, 0.5) is 4.79 Å². The minimum atomic E-state index is -0.182. The van der Waals surface area contributed by atoms with Crippen LogP contribution in [0.5, 0.6) is 0 Å². The second-order valence-electron chi connectivity index (χ2n) is 7.62. The summed E-state index contributed by atoms with van der Waals surface area (Å²) in [5.74, 6) is 2.28. The Bertz CT molecular complexity index is 582. The minimum Gasteiger partial charge on any atom is -0.449 e. The van der Waals surface area contributed by atoms with Crippen LogP contribution in [-0.4, -0.2) is 63.4 Å². The molecule has 0 bridgehead atoms. The van der Waals surface area contributed by atoms with E-state index >= 15 is 0 Å². The molecule has 0 unspecified atom stereocenters. The number of nitrogens with zero attached hydrogens (tertiary/aromatic N) is 5. The highest BCUT2D eigenvalue weighted by atomic mass is 16.6. The highest BCUT2D eigenvalue weighted by Gasteiger charge is 2.29. The van der Waals surface area contributed by atoms with Crippen molar-refractivity contribution < 1.29 is 9.53 Å². The summed E-state index contributed by atoms with van der Waals surface area (Å²) in [5, 5.41) is 8.93. The quantitative estimate of drug-likeness (QED) is 0.727. The summed E-state index contributed by atoms with van der Waals surface area (Å²) in [7, 11) is 2.06. The predicted molar refractivity (Wildman–Crippen MR) is 99.9 cm³/mol. The standard InChI is InChI=1S/C19H33N5O2/c1-3-4-13-26-19(25)24-12-8-9-16(14-24)18-21-20-17(22(18)2)15-23-10-6-5-7-11-23/h16H,3-15H2,1-2H3/t16-/m1/s1. The van der Waals surface area contributed by atoms with Gasteiger partial charge in [-0.2, -0.15) is 0 Å². The Morgan fingerprint density at radius 2 is 1.96 bits per heavy atom. The van der Waals surface area contributed by atoms with Crippen LogP contribution in [0.25, 0.3) is 0 Å². The van der Waals surface area contributed by atoms with Gasteiger partial charge in [-0.05, 0) is 45.2 Å². The molecule has 7 heteroatoms. The fourth-order valence-corrected chi connectivity index (χ4v) is 3.93. The van der Waals surface area contributed by atoms with E-state index in [2.05, 4.69) is 33.6 Å². The van der Waals surface area contributed by atoms with E-state index in [0.29, 0.717) is 13.2 Å². The van der Waals surface area contributed by atoms with Crippen molar-refractivity contribution in [2.75, 3.05) is 32.8 Å². The van der Waals surface area contributed by atoms with E-state index in [1.165, 1.54) is 19.3 Å². The molecule has 1 aromatic heterocycles. The lowest BCUT2D eigenvalue weighted by Crippen LogP contribution is -2.40. The largest absolute Gasteiger partial charge is 0.449 e. The van der Waals surface area contributed by atoms with Crippen molar-refractivity contribution in [3.05, 3.63) is 11.6 Å². The Kier molecular flexibility index (Phi) is 6.88. The van der Waals surface area contributed by atoms with E-state index in [9.17, 15) is 4.79 Å². The van der Waals surface area contributed by atoms with Crippen molar-refractivity contribution in [1.29, 1.82) is 0 Å². The Labute approximate surface area is 156 Å². The Morgan fingerprint density at radius 1 is 1.15 bits per heavy atom. The van der Waals surface area contributed by atoms with Crippen LogP contribution < -0.4 is 0 Å². The summed E-state index contributed by atoms with van der Waals surface area (Å²) >= 11 is 0. The molecule has 0 radical (unpaired) electrons. The third-order valence-electron chi connectivity index (χ3n) is 5.58. The molecule has 0 aliphatic carbocycles. The molecule has 1 amide bonds. The Balaban J connectivity index is 1.58. The van der Waals surface area contributed by atoms with Crippen LogP contribution in [0.3, 0.4) is 0 Å². The molecule has 3 heterocycles. The van der Waals surface area contributed by atoms with Crippen LogP contribution in [0.1, 0.15) is 69.4 Å². The van der Waals surface area contributed by atoms with E-state index in [-0.39, 0.29) is 12.0 Å². The monoisotopic (exact) mass is 363 g/mol. The van der Waals surface area contributed by atoms with Gasteiger partial charge in [-0.25, -0.2) is 4.79 Å². The molecule has 2 aliphatic rings. The van der Waals surface area contributed by atoms with Gasteiger partial charge in [0, 0.05) is 26.1 Å². The number of carbonyl (C=O) groups excluding carboxylic acids is 1. The lowest BCUT2D eigenvalue weighted by molar-refractivity contribution is 0.0896. The van der Waals surface area contributed by atoms with Crippen LogP contribution in [0.2, 0.25) is 0 Å². The third-order valence-corrected chi connectivity index (χ3v) is 5.58. The van der Waals surface area contributed by atoms with Gasteiger partial charge >= 0.3 is 6.09 Å². The number of rotatable bonds is 6. The molecule has 1 aromatic rings. The van der Waals surface area contributed by atoms with Gasteiger partial charge in [0.1, 0.15) is 11.6 Å². The first-order valence-electron chi connectivity index (χ1n) is 10.2. The SMILES string of the molecule is CCCCOC(=O)N1CCC[C@@H](c2nnc(CN3CCCCC3)n2C)C1. The van der Waals surface area contributed by atoms with Crippen LogP contribution in [-0.2, 0) is 18.3 Å². The fourth-order valence-electron chi connectivity index (χ4n) is 3.93. The van der Waals surface area contributed by atoms with E-state index in [1.54, 1.807) is 0 Å². The molecule has 2 aliphatic heterocycles. The summed E-state index contributed by atoms with van der Waals surface area (Å²) in [6, 6.07) is 0. The smallest absolute Gasteiger partial charge is 0.409 e. The molecule has 146 valence electrons. The number of ether oxygens (including phenoxy) is 1. The molecule has 0 saturated carbocycles. The Hall–Kier alpha value is -1.63. The summed E-state index contributed by atoms with van der Waals surface area (Å²) in [6.07, 6.45) is 7.72. The number of unbranched alkanes of at least 4 members (excludes halogenated alkanes) is 1. The normalized spacial score (nSPS) is 21.8. The maximum atomic E-state index is 12.3. The van der Waals surface area contributed by atoms with Crippen molar-refractivity contribution >= 4 is 6.09 Å². The fraction of sp³-hybridized carbons (Fsp3) is 0.842. The van der Waals surface area contributed by atoms with Gasteiger partial charge in [0.05, 0.1) is 13.2 Å². The van der Waals surface area contributed by atoms with Gasteiger partial charge in [-0.15, -0.1) is 10.2 Å². The number of aromatic nitrogens is 3. The lowest BCUT2D eigenvalue weighted by Gasteiger charge is -2.31. The second kappa shape index (κ2) is 9.35. The van der Waals surface area contributed by atoms with Crippen molar-refractivity contribution in [2.24, 2.45) is 7.05 Å². The van der Waals surface area contributed by atoms with E-state index in [1.807, 2.05) is 4.90 Å². The van der Waals surface area contributed by atoms with Gasteiger partial charge in [0.15, 0.2) is 0 Å². The van der Waals surface area contributed by atoms with Crippen molar-refractivity contribution in [3.8, 4) is 0 Å². The highest BCUT2D eigenvalue weighted by Crippen LogP contribution is 2.26. The molecule has 1 atom stereocenters. The summed E-state index contributed by atoms with van der Waals surface area (Å²) in [6.45, 7) is 7.26. The van der Waals surface area contributed by atoms with Crippen molar-refractivity contribution in [3.63, 3.8) is 0 Å². The molecular weight excluding hydrogens is 330 g/mol. The Morgan fingerprint density at radius 3 is 2.73 bits per heavy atom. The average Bonchev–Trinajstić information content (AvgIpc) is 3.03. The first-order chi connectivity index (χ1) is 12.7. The van der Waals surface area contributed by atoms with Gasteiger partial charge in [0.25, 0.3) is 0 Å². The minimum absolute atomic E-state index is 0.182. The lowest BCUT2D eigenvalue weighted by atomic mass is 9.97. The molecule has 3 rings (SSSR count). The maximum Gasteiger partial charge on any atom is 0.409 e. The van der Waals surface area contributed by atoms with Gasteiger partial charge < -0.3 is 14.2 Å². The molecule has 2 saturated heterocycles. The van der Waals surface area contributed by atoms with Crippen molar-refractivity contribution in [1.82, 2.24) is 24.6 Å².